The number of nitrogens with two attached hydrogens (primary N) is 1. The fraction of sp³-hybridized carbons (Fsp3) is 0.462. The summed E-state index contributed by atoms with van der Waals surface area (Å²) >= 11 is 0. The van der Waals surface area contributed by atoms with Crippen LogP contribution >= 0.6 is 0 Å². The van der Waals surface area contributed by atoms with Crippen molar-refractivity contribution in [3.63, 3.8) is 0 Å². The quantitative estimate of drug-likeness (QED) is 0.847. The van der Waals surface area contributed by atoms with Crippen LogP contribution in [0.3, 0.4) is 0 Å². The normalized spacial score (nSPS) is 18.6. The Morgan fingerprint density at radius 2 is 1.89 bits per heavy atom. The van der Waals surface area contributed by atoms with Crippen LogP contribution in [0.15, 0.2) is 30.3 Å². The zero-order valence-electron chi connectivity index (χ0n) is 10.2. The molecule has 0 spiro atoms. The number of amides is 1. The monoisotopic (exact) mass is 266 g/mol. The van der Waals surface area contributed by atoms with E-state index in [-0.39, 0.29) is 5.91 Å². The molecule has 1 amide bonds. The van der Waals surface area contributed by atoms with E-state index in [1.165, 1.54) is 0 Å². The van der Waals surface area contributed by atoms with E-state index in [9.17, 15) is 9.00 Å². The number of hydrogen-bond acceptors (Lipinski definition) is 3. The maximum atomic E-state index is 12.1. The second-order valence-electron chi connectivity index (χ2n) is 4.47. The van der Waals surface area contributed by atoms with Crippen molar-refractivity contribution in [2.75, 3.05) is 24.6 Å². The van der Waals surface area contributed by atoms with Crippen LogP contribution in [0.5, 0.6) is 0 Å². The minimum atomic E-state index is -0.763. The van der Waals surface area contributed by atoms with Gasteiger partial charge in [-0.1, -0.05) is 30.3 Å². The molecular formula is C13H18N2O2S. The van der Waals surface area contributed by atoms with Crippen molar-refractivity contribution in [1.29, 1.82) is 0 Å². The van der Waals surface area contributed by atoms with Crippen molar-refractivity contribution in [2.24, 2.45) is 5.73 Å². The Bertz CT molecular complexity index is 426. The van der Waals surface area contributed by atoms with Gasteiger partial charge >= 0.3 is 0 Å². The highest BCUT2D eigenvalue weighted by atomic mass is 32.2. The molecule has 1 aliphatic heterocycles. The van der Waals surface area contributed by atoms with Crippen molar-refractivity contribution >= 4 is 16.7 Å². The maximum Gasteiger partial charge on any atom is 0.239 e. The van der Waals surface area contributed by atoms with Crippen LogP contribution in [0.4, 0.5) is 0 Å². The van der Waals surface area contributed by atoms with Crippen LogP contribution in [0.25, 0.3) is 0 Å². The number of carbonyl (C=O) groups is 1. The van der Waals surface area contributed by atoms with Gasteiger partial charge in [-0.15, -0.1) is 0 Å². The molecule has 2 N–H and O–H groups in total. The summed E-state index contributed by atoms with van der Waals surface area (Å²) in [7, 11) is -0.763. The number of carbonyl (C=O) groups excluding carboxylic acids is 1. The standard InChI is InChI=1S/C13H18N2O2S/c14-12(10-11-4-2-1-3-5-11)13(16)15-6-8-18(17)9-7-15/h1-5,12H,6-10,14H2/t12-/m1/s1. The van der Waals surface area contributed by atoms with Crippen molar-refractivity contribution in [3.05, 3.63) is 35.9 Å². The van der Waals surface area contributed by atoms with Gasteiger partial charge in [0, 0.05) is 35.4 Å². The summed E-state index contributed by atoms with van der Waals surface area (Å²) in [5.41, 5.74) is 7.02. The smallest absolute Gasteiger partial charge is 0.239 e. The topological polar surface area (TPSA) is 63.4 Å². The Hall–Kier alpha value is -1.20. The second-order valence-corrected chi connectivity index (χ2v) is 6.17. The third kappa shape index (κ3) is 3.40. The largest absolute Gasteiger partial charge is 0.339 e. The van der Waals surface area contributed by atoms with Gasteiger partial charge in [-0.3, -0.25) is 9.00 Å². The SMILES string of the molecule is N[C@H](Cc1ccccc1)C(=O)N1CCS(=O)CC1. The predicted octanol–water partition coefficient (Wildman–Crippen LogP) is 0.147. The Labute approximate surface area is 110 Å². The lowest BCUT2D eigenvalue weighted by molar-refractivity contribution is -0.132. The van der Waals surface area contributed by atoms with Gasteiger partial charge in [-0.25, -0.2) is 0 Å². The van der Waals surface area contributed by atoms with Crippen LogP contribution in [0.1, 0.15) is 5.56 Å². The molecule has 0 radical (unpaired) electrons. The van der Waals surface area contributed by atoms with Crippen LogP contribution in [-0.2, 0) is 22.0 Å². The van der Waals surface area contributed by atoms with Crippen molar-refractivity contribution in [1.82, 2.24) is 4.90 Å². The molecule has 0 saturated carbocycles. The lowest BCUT2D eigenvalue weighted by atomic mass is 10.1. The van der Waals surface area contributed by atoms with Gasteiger partial charge in [0.2, 0.25) is 5.91 Å². The highest BCUT2D eigenvalue weighted by molar-refractivity contribution is 7.85. The number of benzene rings is 1. The van der Waals surface area contributed by atoms with Crippen molar-refractivity contribution < 1.29 is 9.00 Å². The zero-order valence-corrected chi connectivity index (χ0v) is 11.1. The second kappa shape index (κ2) is 6.11. The Morgan fingerprint density at radius 1 is 1.28 bits per heavy atom. The fourth-order valence-corrected chi connectivity index (χ4v) is 3.10. The fourth-order valence-electron chi connectivity index (χ4n) is 2.05. The molecule has 1 aliphatic rings. The van der Waals surface area contributed by atoms with Gasteiger partial charge in [0.1, 0.15) is 0 Å². The molecule has 2 rings (SSSR count). The molecule has 0 aromatic heterocycles. The van der Waals surface area contributed by atoms with Gasteiger partial charge in [0.15, 0.2) is 0 Å². The first-order chi connectivity index (χ1) is 8.66. The number of rotatable bonds is 3. The Morgan fingerprint density at radius 3 is 2.50 bits per heavy atom. The van der Waals surface area contributed by atoms with E-state index in [0.29, 0.717) is 31.0 Å². The molecule has 4 nitrogen and oxygen atoms in total. The molecule has 1 aromatic rings. The highest BCUT2D eigenvalue weighted by Gasteiger charge is 2.24. The molecule has 1 fully saturated rings. The Balaban J connectivity index is 1.91. The third-order valence-corrected chi connectivity index (χ3v) is 4.38. The summed E-state index contributed by atoms with van der Waals surface area (Å²) in [6, 6.07) is 9.26. The number of nitrogens with zero attached hydrogens (tertiary/aromatic N) is 1. The van der Waals surface area contributed by atoms with E-state index in [1.807, 2.05) is 30.3 Å². The molecule has 1 saturated heterocycles. The van der Waals surface area contributed by atoms with Crippen LogP contribution < -0.4 is 5.73 Å². The molecule has 1 aromatic carbocycles. The first-order valence-electron chi connectivity index (χ1n) is 6.10. The van der Waals surface area contributed by atoms with E-state index < -0.39 is 16.8 Å². The summed E-state index contributed by atoms with van der Waals surface area (Å²) < 4.78 is 11.2. The predicted molar refractivity (Wildman–Crippen MR) is 72.6 cm³/mol. The molecule has 0 unspecified atom stereocenters. The summed E-state index contributed by atoms with van der Waals surface area (Å²) in [6.07, 6.45) is 0.555. The molecule has 1 atom stereocenters. The van der Waals surface area contributed by atoms with Gasteiger partial charge in [0.05, 0.1) is 6.04 Å². The van der Waals surface area contributed by atoms with Crippen LogP contribution in [-0.4, -0.2) is 45.7 Å². The molecular weight excluding hydrogens is 248 g/mol. The highest BCUT2D eigenvalue weighted by Crippen LogP contribution is 2.07. The lowest BCUT2D eigenvalue weighted by Crippen LogP contribution is -2.49. The van der Waals surface area contributed by atoms with Gasteiger partial charge < -0.3 is 10.6 Å². The molecule has 0 bridgehead atoms. The van der Waals surface area contributed by atoms with Crippen molar-refractivity contribution in [3.8, 4) is 0 Å². The van der Waals surface area contributed by atoms with E-state index in [0.717, 1.165) is 5.56 Å². The van der Waals surface area contributed by atoms with Crippen molar-refractivity contribution in [2.45, 2.75) is 12.5 Å². The maximum absolute atomic E-state index is 12.1. The minimum absolute atomic E-state index is 0.0319. The van der Waals surface area contributed by atoms with E-state index in [1.54, 1.807) is 4.90 Å². The van der Waals surface area contributed by atoms with E-state index in [2.05, 4.69) is 0 Å². The average molecular weight is 266 g/mol. The molecule has 1 heterocycles. The van der Waals surface area contributed by atoms with Gasteiger partial charge in [0.25, 0.3) is 0 Å². The lowest BCUT2D eigenvalue weighted by Gasteiger charge is -2.28. The van der Waals surface area contributed by atoms with E-state index >= 15 is 0 Å². The summed E-state index contributed by atoms with van der Waals surface area (Å²) in [6.45, 7) is 1.13. The summed E-state index contributed by atoms with van der Waals surface area (Å²) in [5.74, 6) is 1.11. The third-order valence-electron chi connectivity index (χ3n) is 3.11. The van der Waals surface area contributed by atoms with Gasteiger partial charge in [-0.2, -0.15) is 0 Å². The van der Waals surface area contributed by atoms with Crippen LogP contribution in [0.2, 0.25) is 0 Å². The molecule has 98 valence electrons. The molecule has 18 heavy (non-hydrogen) atoms. The molecule has 0 aliphatic carbocycles. The first-order valence-corrected chi connectivity index (χ1v) is 7.59. The number of hydrogen-bond donors (Lipinski definition) is 1. The zero-order chi connectivity index (χ0) is 13.0. The summed E-state index contributed by atoms with van der Waals surface area (Å²) in [5, 5.41) is 0. The molecule has 5 heteroatoms. The first kappa shape index (κ1) is 13.2. The van der Waals surface area contributed by atoms with Gasteiger partial charge in [-0.05, 0) is 12.0 Å². The van der Waals surface area contributed by atoms with E-state index in [4.69, 9.17) is 5.73 Å². The average Bonchev–Trinajstić information content (AvgIpc) is 2.40. The van der Waals surface area contributed by atoms with Crippen LogP contribution in [0, 0.1) is 0 Å². The summed E-state index contributed by atoms with van der Waals surface area (Å²) in [4.78, 5) is 13.8. The Kier molecular flexibility index (Phi) is 4.49. The minimum Gasteiger partial charge on any atom is -0.339 e.